The summed E-state index contributed by atoms with van der Waals surface area (Å²) >= 11 is 0. The summed E-state index contributed by atoms with van der Waals surface area (Å²) in [6.07, 6.45) is 2.19. The lowest BCUT2D eigenvalue weighted by molar-refractivity contribution is 0.370. The van der Waals surface area contributed by atoms with E-state index in [1.54, 1.807) is 7.11 Å². The van der Waals surface area contributed by atoms with Crippen LogP contribution in [0.3, 0.4) is 0 Å². The summed E-state index contributed by atoms with van der Waals surface area (Å²) < 4.78 is 5.45. The van der Waals surface area contributed by atoms with Crippen molar-refractivity contribution in [3.05, 3.63) is 77.4 Å². The van der Waals surface area contributed by atoms with Crippen LogP contribution in [0.25, 0.3) is 5.76 Å². The number of hydrogen-bond donors (Lipinski definition) is 0. The topological polar surface area (TPSA) is 9.23 Å². The van der Waals surface area contributed by atoms with E-state index in [4.69, 9.17) is 4.74 Å². The average molecular weight is 222 g/mol. The number of allylic oxidation sites excluding steroid dienone is 1. The van der Waals surface area contributed by atoms with E-state index in [0.29, 0.717) is 5.92 Å². The van der Waals surface area contributed by atoms with Gasteiger partial charge in [0.05, 0.1) is 7.11 Å². The van der Waals surface area contributed by atoms with Gasteiger partial charge in [0.15, 0.2) is 0 Å². The zero-order valence-electron chi connectivity index (χ0n) is 9.76. The Morgan fingerprint density at radius 3 is 2.35 bits per heavy atom. The van der Waals surface area contributed by atoms with Gasteiger partial charge in [-0.3, -0.25) is 0 Å². The molecular formula is C16H14O. The largest absolute Gasteiger partial charge is 0.496 e. The normalized spacial score (nSPS) is 17.5. The third kappa shape index (κ3) is 1.64. The monoisotopic (exact) mass is 222 g/mol. The molecule has 1 aliphatic carbocycles. The fraction of sp³-hybridized carbons (Fsp3) is 0.125. The van der Waals surface area contributed by atoms with Gasteiger partial charge in [-0.1, -0.05) is 54.6 Å². The maximum absolute atomic E-state index is 5.45. The van der Waals surface area contributed by atoms with Crippen molar-refractivity contribution in [1.29, 1.82) is 0 Å². The SMILES string of the molecule is COC1=C[C@@H](c2ccccc2)c2ccccc21. The third-order valence-corrected chi connectivity index (χ3v) is 3.26. The summed E-state index contributed by atoms with van der Waals surface area (Å²) in [6, 6.07) is 19.0. The van der Waals surface area contributed by atoms with Gasteiger partial charge in [-0.25, -0.2) is 0 Å². The van der Waals surface area contributed by atoms with Crippen molar-refractivity contribution in [2.24, 2.45) is 0 Å². The van der Waals surface area contributed by atoms with Crippen molar-refractivity contribution in [3.63, 3.8) is 0 Å². The molecule has 0 saturated carbocycles. The number of ether oxygens (including phenoxy) is 1. The Hall–Kier alpha value is -2.02. The van der Waals surface area contributed by atoms with Crippen molar-refractivity contribution >= 4 is 5.76 Å². The lowest BCUT2D eigenvalue weighted by atomic mass is 9.93. The van der Waals surface area contributed by atoms with E-state index in [0.717, 1.165) is 5.76 Å². The number of rotatable bonds is 2. The Bertz CT molecular complexity index is 555. The van der Waals surface area contributed by atoms with Gasteiger partial charge in [-0.15, -0.1) is 0 Å². The van der Waals surface area contributed by atoms with Gasteiger partial charge in [0, 0.05) is 11.5 Å². The van der Waals surface area contributed by atoms with E-state index in [2.05, 4.69) is 54.6 Å². The van der Waals surface area contributed by atoms with Crippen LogP contribution in [0.2, 0.25) is 0 Å². The molecule has 1 nitrogen and oxygen atoms in total. The van der Waals surface area contributed by atoms with Crippen LogP contribution in [0.1, 0.15) is 22.6 Å². The molecule has 0 saturated heterocycles. The Balaban J connectivity index is 2.12. The maximum atomic E-state index is 5.45. The molecule has 2 aromatic rings. The first kappa shape index (κ1) is 10.2. The lowest BCUT2D eigenvalue weighted by Gasteiger charge is -2.10. The second-order valence-corrected chi connectivity index (χ2v) is 4.21. The van der Waals surface area contributed by atoms with Crippen LogP contribution in [-0.4, -0.2) is 7.11 Å². The summed E-state index contributed by atoms with van der Waals surface area (Å²) in [5.41, 5.74) is 3.85. The van der Waals surface area contributed by atoms with Gasteiger partial charge in [-0.2, -0.15) is 0 Å². The third-order valence-electron chi connectivity index (χ3n) is 3.26. The highest BCUT2D eigenvalue weighted by molar-refractivity contribution is 5.72. The molecule has 0 spiro atoms. The molecule has 0 heterocycles. The Morgan fingerprint density at radius 2 is 1.59 bits per heavy atom. The highest BCUT2D eigenvalue weighted by Gasteiger charge is 2.24. The molecule has 1 heteroatoms. The highest BCUT2D eigenvalue weighted by atomic mass is 16.5. The summed E-state index contributed by atoms with van der Waals surface area (Å²) in [5, 5.41) is 0. The summed E-state index contributed by atoms with van der Waals surface area (Å²) in [5.74, 6) is 1.30. The van der Waals surface area contributed by atoms with Gasteiger partial charge < -0.3 is 4.74 Å². The molecule has 0 radical (unpaired) electrons. The van der Waals surface area contributed by atoms with Crippen LogP contribution >= 0.6 is 0 Å². The molecule has 84 valence electrons. The van der Waals surface area contributed by atoms with Crippen LogP contribution in [0, 0.1) is 0 Å². The Morgan fingerprint density at radius 1 is 0.882 bits per heavy atom. The molecule has 1 atom stereocenters. The molecule has 17 heavy (non-hydrogen) atoms. The maximum Gasteiger partial charge on any atom is 0.123 e. The molecule has 0 aliphatic heterocycles. The van der Waals surface area contributed by atoms with E-state index < -0.39 is 0 Å². The quantitative estimate of drug-likeness (QED) is 0.750. The predicted molar refractivity (Wildman–Crippen MR) is 69.7 cm³/mol. The minimum Gasteiger partial charge on any atom is -0.496 e. The van der Waals surface area contributed by atoms with Crippen molar-refractivity contribution in [1.82, 2.24) is 0 Å². The summed E-state index contributed by atoms with van der Waals surface area (Å²) in [7, 11) is 1.73. The fourth-order valence-electron chi connectivity index (χ4n) is 2.44. The van der Waals surface area contributed by atoms with Crippen molar-refractivity contribution in [2.45, 2.75) is 5.92 Å². The van der Waals surface area contributed by atoms with Gasteiger partial charge in [0.1, 0.15) is 5.76 Å². The fourth-order valence-corrected chi connectivity index (χ4v) is 2.44. The molecule has 0 unspecified atom stereocenters. The van der Waals surface area contributed by atoms with Crippen LogP contribution in [0.5, 0.6) is 0 Å². The number of hydrogen-bond acceptors (Lipinski definition) is 1. The smallest absolute Gasteiger partial charge is 0.123 e. The zero-order chi connectivity index (χ0) is 11.7. The van der Waals surface area contributed by atoms with Gasteiger partial charge in [0.2, 0.25) is 0 Å². The molecule has 0 aromatic heterocycles. The minimum atomic E-state index is 0.322. The van der Waals surface area contributed by atoms with Crippen molar-refractivity contribution < 1.29 is 4.74 Å². The second kappa shape index (κ2) is 4.10. The minimum absolute atomic E-state index is 0.322. The van der Waals surface area contributed by atoms with E-state index in [1.807, 2.05) is 6.07 Å². The van der Waals surface area contributed by atoms with E-state index in [1.165, 1.54) is 16.7 Å². The van der Waals surface area contributed by atoms with E-state index in [9.17, 15) is 0 Å². The summed E-state index contributed by atoms with van der Waals surface area (Å²) in [4.78, 5) is 0. The molecular weight excluding hydrogens is 208 g/mol. The summed E-state index contributed by atoms with van der Waals surface area (Å²) in [6.45, 7) is 0. The van der Waals surface area contributed by atoms with Gasteiger partial charge in [0.25, 0.3) is 0 Å². The second-order valence-electron chi connectivity index (χ2n) is 4.21. The highest BCUT2D eigenvalue weighted by Crippen LogP contribution is 2.39. The first-order chi connectivity index (χ1) is 8.40. The Kier molecular flexibility index (Phi) is 2.45. The van der Waals surface area contributed by atoms with Gasteiger partial charge in [-0.05, 0) is 17.2 Å². The zero-order valence-corrected chi connectivity index (χ0v) is 9.76. The van der Waals surface area contributed by atoms with Gasteiger partial charge >= 0.3 is 0 Å². The number of fused-ring (bicyclic) bond motifs is 1. The number of benzene rings is 2. The molecule has 0 bridgehead atoms. The van der Waals surface area contributed by atoms with E-state index >= 15 is 0 Å². The van der Waals surface area contributed by atoms with E-state index in [-0.39, 0.29) is 0 Å². The molecule has 0 amide bonds. The molecule has 1 aliphatic rings. The van der Waals surface area contributed by atoms with Crippen LogP contribution in [0.4, 0.5) is 0 Å². The van der Waals surface area contributed by atoms with Crippen molar-refractivity contribution in [3.8, 4) is 0 Å². The first-order valence-electron chi connectivity index (χ1n) is 5.80. The molecule has 2 aromatic carbocycles. The predicted octanol–water partition coefficient (Wildman–Crippen LogP) is 3.82. The van der Waals surface area contributed by atoms with Crippen LogP contribution < -0.4 is 0 Å². The standard InChI is InChI=1S/C16H14O/c1-17-16-11-15(12-7-3-2-4-8-12)13-9-5-6-10-14(13)16/h2-11,15H,1H3/t15-/m0/s1. The number of methoxy groups -OCH3 is 1. The van der Waals surface area contributed by atoms with Crippen LogP contribution in [0.15, 0.2) is 60.7 Å². The molecule has 0 fully saturated rings. The van der Waals surface area contributed by atoms with Crippen LogP contribution in [-0.2, 0) is 4.74 Å². The lowest BCUT2D eigenvalue weighted by Crippen LogP contribution is -1.94. The molecule has 0 N–H and O–H groups in total. The Labute approximate surface area is 101 Å². The average Bonchev–Trinajstić information content (AvgIpc) is 2.78. The molecule has 3 rings (SSSR count). The first-order valence-corrected chi connectivity index (χ1v) is 5.80. The van der Waals surface area contributed by atoms with Crippen molar-refractivity contribution in [2.75, 3.05) is 7.11 Å².